The van der Waals surface area contributed by atoms with E-state index in [9.17, 15) is 9.18 Å². The molecule has 2 heterocycles. The molecule has 0 aliphatic rings. The number of hydrogen-bond donors (Lipinski definition) is 1. The molecule has 0 atom stereocenters. The van der Waals surface area contributed by atoms with Gasteiger partial charge in [0.2, 0.25) is 0 Å². The molecule has 0 bridgehead atoms. The molecule has 2 aromatic carbocycles. The lowest BCUT2D eigenvalue weighted by molar-refractivity contribution is 0.102. The van der Waals surface area contributed by atoms with Crippen LogP contribution in [0.4, 0.5) is 10.1 Å². The fourth-order valence-corrected chi connectivity index (χ4v) is 3.58. The molecule has 0 unspecified atom stereocenters. The summed E-state index contributed by atoms with van der Waals surface area (Å²) in [6.45, 7) is 0.418. The van der Waals surface area contributed by atoms with Gasteiger partial charge in [-0.3, -0.25) is 9.78 Å². The highest BCUT2D eigenvalue weighted by atomic mass is 32.1. The molecule has 0 radical (unpaired) electrons. The third-order valence-corrected chi connectivity index (χ3v) is 5.06. The number of amides is 1. The predicted octanol–water partition coefficient (Wildman–Crippen LogP) is 5.27. The van der Waals surface area contributed by atoms with Crippen LogP contribution < -0.4 is 10.1 Å². The number of carbonyl (C=O) groups is 1. The van der Waals surface area contributed by atoms with Crippen molar-refractivity contribution in [2.24, 2.45) is 0 Å². The fraction of sp³-hybridized carbons (Fsp3) is 0.0476. The maximum Gasteiger partial charge on any atom is 0.255 e. The standard InChI is InChI=1S/C21H15FN2O2S/c22-16-6-4-14(5-7-16)21(25)24-17-2-1-3-18(10-17)26-12-15-13-27-20-8-9-23-11-19(15)20/h1-11,13H,12H2,(H,24,25). The molecule has 0 saturated heterocycles. The van der Waals surface area contributed by atoms with Crippen molar-refractivity contribution in [1.29, 1.82) is 0 Å². The summed E-state index contributed by atoms with van der Waals surface area (Å²) < 4.78 is 20.0. The Labute approximate surface area is 159 Å². The highest BCUT2D eigenvalue weighted by Crippen LogP contribution is 2.26. The lowest BCUT2D eigenvalue weighted by Crippen LogP contribution is -2.11. The van der Waals surface area contributed by atoms with Crippen molar-refractivity contribution in [2.75, 3.05) is 5.32 Å². The van der Waals surface area contributed by atoms with Gasteiger partial charge in [-0.15, -0.1) is 11.3 Å². The van der Waals surface area contributed by atoms with E-state index in [-0.39, 0.29) is 11.7 Å². The van der Waals surface area contributed by atoms with Crippen LogP contribution in [0.5, 0.6) is 5.75 Å². The van der Waals surface area contributed by atoms with Crippen molar-refractivity contribution in [3.8, 4) is 5.75 Å². The van der Waals surface area contributed by atoms with Crippen LogP contribution >= 0.6 is 11.3 Å². The van der Waals surface area contributed by atoms with Gasteiger partial charge in [0.05, 0.1) is 0 Å². The van der Waals surface area contributed by atoms with Gasteiger partial charge in [-0.2, -0.15) is 0 Å². The van der Waals surface area contributed by atoms with Gasteiger partial charge in [0.25, 0.3) is 5.91 Å². The average Bonchev–Trinajstić information content (AvgIpc) is 3.10. The zero-order valence-corrected chi connectivity index (χ0v) is 15.0. The van der Waals surface area contributed by atoms with Crippen LogP contribution in [0.1, 0.15) is 15.9 Å². The largest absolute Gasteiger partial charge is 0.489 e. The maximum atomic E-state index is 13.0. The number of ether oxygens (including phenoxy) is 1. The number of halogens is 1. The van der Waals surface area contributed by atoms with Crippen LogP contribution in [-0.2, 0) is 6.61 Å². The SMILES string of the molecule is O=C(Nc1cccc(OCc2csc3ccncc23)c1)c1ccc(F)cc1. The van der Waals surface area contributed by atoms with Gasteiger partial charge in [-0.1, -0.05) is 6.07 Å². The summed E-state index contributed by atoms with van der Waals surface area (Å²) in [7, 11) is 0. The van der Waals surface area contributed by atoms with Gasteiger partial charge < -0.3 is 10.1 Å². The second kappa shape index (κ2) is 7.55. The second-order valence-corrected chi connectivity index (χ2v) is 6.82. The molecule has 0 saturated carbocycles. The third-order valence-electron chi connectivity index (χ3n) is 4.05. The van der Waals surface area contributed by atoms with Gasteiger partial charge in [0, 0.05) is 45.4 Å². The Morgan fingerprint density at radius 2 is 2.00 bits per heavy atom. The summed E-state index contributed by atoms with van der Waals surface area (Å²) in [4.78, 5) is 16.4. The number of nitrogens with zero attached hydrogens (tertiary/aromatic N) is 1. The lowest BCUT2D eigenvalue weighted by Gasteiger charge is -2.09. The van der Waals surface area contributed by atoms with E-state index in [1.165, 1.54) is 29.0 Å². The van der Waals surface area contributed by atoms with Crippen LogP contribution in [0.3, 0.4) is 0 Å². The van der Waals surface area contributed by atoms with E-state index in [2.05, 4.69) is 15.7 Å². The third kappa shape index (κ3) is 3.96. The first-order valence-electron chi connectivity index (χ1n) is 8.29. The van der Waals surface area contributed by atoms with Crippen molar-refractivity contribution in [2.45, 2.75) is 6.61 Å². The van der Waals surface area contributed by atoms with Crippen molar-refractivity contribution in [3.05, 3.63) is 89.3 Å². The number of nitrogens with one attached hydrogen (secondary N) is 1. The van der Waals surface area contributed by atoms with E-state index in [4.69, 9.17) is 4.74 Å². The summed E-state index contributed by atoms with van der Waals surface area (Å²) in [5, 5.41) is 5.94. The molecule has 134 valence electrons. The van der Waals surface area contributed by atoms with Gasteiger partial charge in [-0.05, 0) is 47.8 Å². The molecule has 0 spiro atoms. The number of aromatic nitrogens is 1. The number of hydrogen-bond acceptors (Lipinski definition) is 4. The Bertz CT molecular complexity index is 1090. The molecule has 6 heteroatoms. The summed E-state index contributed by atoms with van der Waals surface area (Å²) in [6, 6.07) is 14.6. The minimum Gasteiger partial charge on any atom is -0.489 e. The van der Waals surface area contributed by atoms with Crippen LogP contribution in [0, 0.1) is 5.82 Å². The fourth-order valence-electron chi connectivity index (χ4n) is 2.66. The average molecular weight is 378 g/mol. The zero-order chi connectivity index (χ0) is 18.6. The van der Waals surface area contributed by atoms with E-state index in [1.54, 1.807) is 29.7 Å². The van der Waals surface area contributed by atoms with Crippen LogP contribution in [-0.4, -0.2) is 10.9 Å². The maximum absolute atomic E-state index is 13.0. The van der Waals surface area contributed by atoms with Gasteiger partial charge >= 0.3 is 0 Å². The first kappa shape index (κ1) is 17.2. The van der Waals surface area contributed by atoms with Gasteiger partial charge in [-0.25, -0.2) is 4.39 Å². The van der Waals surface area contributed by atoms with Crippen molar-refractivity contribution in [3.63, 3.8) is 0 Å². The molecule has 0 fully saturated rings. The van der Waals surface area contributed by atoms with Gasteiger partial charge in [0.15, 0.2) is 0 Å². The van der Waals surface area contributed by atoms with E-state index < -0.39 is 0 Å². The van der Waals surface area contributed by atoms with Crippen molar-refractivity contribution < 1.29 is 13.9 Å². The number of fused-ring (bicyclic) bond motifs is 1. The van der Waals surface area contributed by atoms with Crippen LogP contribution in [0.25, 0.3) is 10.1 Å². The molecule has 27 heavy (non-hydrogen) atoms. The lowest BCUT2D eigenvalue weighted by atomic mass is 10.2. The molecule has 0 aliphatic carbocycles. The normalized spacial score (nSPS) is 10.7. The number of rotatable bonds is 5. The molecule has 1 N–H and O–H groups in total. The Balaban J connectivity index is 1.44. The number of carbonyl (C=O) groups excluding carboxylic acids is 1. The van der Waals surface area contributed by atoms with Crippen LogP contribution in [0.15, 0.2) is 72.4 Å². The van der Waals surface area contributed by atoms with Crippen molar-refractivity contribution in [1.82, 2.24) is 4.98 Å². The Morgan fingerprint density at radius 3 is 2.85 bits per heavy atom. The Kier molecular flexibility index (Phi) is 4.80. The molecule has 2 aromatic heterocycles. The molecule has 0 aliphatic heterocycles. The van der Waals surface area contributed by atoms with E-state index in [0.29, 0.717) is 23.6 Å². The minimum absolute atomic E-state index is 0.304. The highest BCUT2D eigenvalue weighted by molar-refractivity contribution is 7.17. The first-order chi connectivity index (χ1) is 13.2. The molecular formula is C21H15FN2O2S. The Morgan fingerprint density at radius 1 is 1.15 bits per heavy atom. The van der Waals surface area contributed by atoms with Crippen molar-refractivity contribution >= 4 is 33.0 Å². The second-order valence-electron chi connectivity index (χ2n) is 5.91. The summed E-state index contributed by atoms with van der Waals surface area (Å²) >= 11 is 1.66. The number of benzene rings is 2. The summed E-state index contributed by atoms with van der Waals surface area (Å²) in [5.41, 5.74) is 2.07. The molecule has 4 nitrogen and oxygen atoms in total. The predicted molar refractivity (Wildman–Crippen MR) is 105 cm³/mol. The highest BCUT2D eigenvalue weighted by Gasteiger charge is 2.08. The number of pyridine rings is 1. The zero-order valence-electron chi connectivity index (χ0n) is 14.2. The topological polar surface area (TPSA) is 51.2 Å². The summed E-state index contributed by atoms with van der Waals surface area (Å²) in [6.07, 6.45) is 3.61. The van der Waals surface area contributed by atoms with E-state index in [1.807, 2.05) is 24.4 Å². The first-order valence-corrected chi connectivity index (χ1v) is 9.17. The quantitative estimate of drug-likeness (QED) is 0.515. The molecule has 1 amide bonds. The number of anilines is 1. The van der Waals surface area contributed by atoms with E-state index >= 15 is 0 Å². The monoisotopic (exact) mass is 378 g/mol. The van der Waals surface area contributed by atoms with Gasteiger partial charge in [0.1, 0.15) is 18.2 Å². The van der Waals surface area contributed by atoms with Crippen LogP contribution in [0.2, 0.25) is 0 Å². The number of thiophene rings is 1. The molecule has 4 rings (SSSR count). The smallest absolute Gasteiger partial charge is 0.255 e. The van der Waals surface area contributed by atoms with E-state index in [0.717, 1.165) is 10.9 Å². The molecule has 4 aromatic rings. The minimum atomic E-state index is -0.377. The Hall–Kier alpha value is -3.25. The summed E-state index contributed by atoms with van der Waals surface area (Å²) in [5.74, 6) is -0.0321. The molecular weight excluding hydrogens is 363 g/mol.